The van der Waals surface area contributed by atoms with Crippen LogP contribution in [0, 0.1) is 10.1 Å². The van der Waals surface area contributed by atoms with Crippen molar-refractivity contribution >= 4 is 29.3 Å². The normalized spacial score (nSPS) is 11.9. The summed E-state index contributed by atoms with van der Waals surface area (Å²) in [6.45, 7) is 3.90. The lowest BCUT2D eigenvalue weighted by Crippen LogP contribution is -2.41. The number of nitrogens with zero attached hydrogens (tertiary/aromatic N) is 1. The molecule has 1 aliphatic rings. The summed E-state index contributed by atoms with van der Waals surface area (Å²) >= 11 is 0. The van der Waals surface area contributed by atoms with E-state index in [1.54, 1.807) is 54.6 Å². The summed E-state index contributed by atoms with van der Waals surface area (Å²) in [5.74, 6) is -0.0507. The number of hydrazine groups is 1. The van der Waals surface area contributed by atoms with Gasteiger partial charge in [0.15, 0.2) is 11.5 Å². The zero-order valence-corrected chi connectivity index (χ0v) is 18.3. The molecular formula is C25H20N4O6. The number of carbonyl (C=O) groups is 2. The van der Waals surface area contributed by atoms with Gasteiger partial charge in [-0.3, -0.25) is 30.6 Å². The van der Waals surface area contributed by atoms with E-state index in [1.165, 1.54) is 24.3 Å². The van der Waals surface area contributed by atoms with Crippen LogP contribution in [-0.4, -0.2) is 23.5 Å². The van der Waals surface area contributed by atoms with Crippen molar-refractivity contribution in [2.24, 2.45) is 0 Å². The second kappa shape index (κ2) is 10.2. The lowest BCUT2D eigenvalue weighted by molar-refractivity contribution is -0.384. The molecule has 0 unspecified atom stereocenters. The average molecular weight is 472 g/mol. The largest absolute Gasteiger partial charge is 0.454 e. The van der Waals surface area contributed by atoms with E-state index in [-0.39, 0.29) is 23.9 Å². The molecule has 0 aromatic heterocycles. The number of ether oxygens (including phenoxy) is 2. The van der Waals surface area contributed by atoms with Crippen LogP contribution in [0.4, 0.5) is 5.69 Å². The van der Waals surface area contributed by atoms with Crippen LogP contribution in [0.3, 0.4) is 0 Å². The van der Waals surface area contributed by atoms with E-state index in [9.17, 15) is 19.7 Å². The van der Waals surface area contributed by atoms with Gasteiger partial charge in [0, 0.05) is 23.3 Å². The number of hydrogen-bond donors (Lipinski definition) is 3. The molecule has 3 aromatic rings. The molecule has 1 heterocycles. The van der Waals surface area contributed by atoms with Crippen molar-refractivity contribution in [3.63, 3.8) is 0 Å². The van der Waals surface area contributed by atoms with Gasteiger partial charge in [-0.15, -0.1) is 0 Å². The molecule has 0 atom stereocenters. The fraction of sp³-hybridized carbons (Fsp3) is 0.0400. The van der Waals surface area contributed by atoms with Crippen LogP contribution in [0.1, 0.15) is 21.5 Å². The van der Waals surface area contributed by atoms with Crippen molar-refractivity contribution in [1.29, 1.82) is 0 Å². The van der Waals surface area contributed by atoms with Gasteiger partial charge >= 0.3 is 0 Å². The van der Waals surface area contributed by atoms with E-state index < -0.39 is 16.7 Å². The third kappa shape index (κ3) is 5.63. The number of hydrogen-bond acceptors (Lipinski definition) is 7. The number of nitro benzene ring substituents is 1. The SMILES string of the molecule is C=C(NNC(=O)/C(=C/c1ccc2c(c1)OCO2)NC(=O)c1ccccc1)c1cccc([N+](=O)[O-])c1. The second-order valence-corrected chi connectivity index (χ2v) is 7.36. The summed E-state index contributed by atoms with van der Waals surface area (Å²) in [4.78, 5) is 36.2. The fourth-order valence-corrected chi connectivity index (χ4v) is 3.19. The number of fused-ring (bicyclic) bond motifs is 1. The lowest BCUT2D eigenvalue weighted by atomic mass is 10.1. The zero-order chi connectivity index (χ0) is 24.8. The van der Waals surface area contributed by atoms with Gasteiger partial charge < -0.3 is 14.8 Å². The van der Waals surface area contributed by atoms with E-state index >= 15 is 0 Å². The molecule has 0 radical (unpaired) electrons. The van der Waals surface area contributed by atoms with Gasteiger partial charge in [-0.2, -0.15) is 0 Å². The molecule has 0 saturated carbocycles. The maximum atomic E-state index is 13.0. The minimum absolute atomic E-state index is 0.0583. The first kappa shape index (κ1) is 23.1. The van der Waals surface area contributed by atoms with Crippen molar-refractivity contribution in [3.05, 3.63) is 112 Å². The summed E-state index contributed by atoms with van der Waals surface area (Å²) in [7, 11) is 0. The molecule has 0 aliphatic carbocycles. The number of nitrogens with one attached hydrogen (secondary N) is 3. The first-order chi connectivity index (χ1) is 16.9. The maximum absolute atomic E-state index is 13.0. The van der Waals surface area contributed by atoms with Crippen LogP contribution < -0.4 is 25.6 Å². The topological polar surface area (TPSA) is 132 Å². The minimum atomic E-state index is -0.668. The first-order valence-corrected chi connectivity index (χ1v) is 10.4. The van der Waals surface area contributed by atoms with Gasteiger partial charge in [0.05, 0.1) is 10.6 Å². The summed E-state index contributed by atoms with van der Waals surface area (Å²) in [5, 5.41) is 13.6. The Morgan fingerprint density at radius 1 is 0.914 bits per heavy atom. The summed E-state index contributed by atoms with van der Waals surface area (Å²) in [6, 6.07) is 19.3. The van der Waals surface area contributed by atoms with Crippen molar-refractivity contribution in [2.45, 2.75) is 0 Å². The maximum Gasteiger partial charge on any atom is 0.286 e. The Bertz CT molecular complexity index is 1340. The van der Waals surface area contributed by atoms with Gasteiger partial charge in [-0.05, 0) is 35.9 Å². The van der Waals surface area contributed by atoms with Gasteiger partial charge in [-0.1, -0.05) is 43.0 Å². The number of nitro groups is 1. The highest BCUT2D eigenvalue weighted by molar-refractivity contribution is 6.05. The Morgan fingerprint density at radius 3 is 2.43 bits per heavy atom. The lowest BCUT2D eigenvalue weighted by Gasteiger charge is -2.14. The van der Waals surface area contributed by atoms with Gasteiger partial charge in [-0.25, -0.2) is 0 Å². The number of non-ortho nitro benzene ring substituents is 1. The second-order valence-electron chi connectivity index (χ2n) is 7.36. The molecule has 10 nitrogen and oxygen atoms in total. The predicted molar refractivity (Wildman–Crippen MR) is 128 cm³/mol. The smallest absolute Gasteiger partial charge is 0.286 e. The summed E-state index contributed by atoms with van der Waals surface area (Å²) < 4.78 is 10.7. The number of carbonyl (C=O) groups excluding carboxylic acids is 2. The highest BCUT2D eigenvalue weighted by Crippen LogP contribution is 2.33. The van der Waals surface area contributed by atoms with E-state index in [0.29, 0.717) is 28.2 Å². The number of benzene rings is 3. The van der Waals surface area contributed by atoms with Crippen LogP contribution in [0.5, 0.6) is 11.5 Å². The highest BCUT2D eigenvalue weighted by atomic mass is 16.7. The fourth-order valence-electron chi connectivity index (χ4n) is 3.19. The Labute approximate surface area is 200 Å². The molecule has 1 aliphatic heterocycles. The Kier molecular flexibility index (Phi) is 6.73. The Hall–Kier alpha value is -5.12. The molecule has 176 valence electrons. The van der Waals surface area contributed by atoms with Crippen LogP contribution in [0.15, 0.2) is 85.1 Å². The van der Waals surface area contributed by atoms with Crippen LogP contribution in [-0.2, 0) is 4.79 Å². The third-order valence-electron chi connectivity index (χ3n) is 4.97. The third-order valence-corrected chi connectivity index (χ3v) is 4.97. The number of rotatable bonds is 8. The van der Waals surface area contributed by atoms with Crippen molar-refractivity contribution in [2.75, 3.05) is 6.79 Å². The van der Waals surface area contributed by atoms with Crippen molar-refractivity contribution in [1.82, 2.24) is 16.2 Å². The molecule has 0 saturated heterocycles. The molecule has 2 amide bonds. The highest BCUT2D eigenvalue weighted by Gasteiger charge is 2.17. The molecular weight excluding hydrogens is 452 g/mol. The van der Waals surface area contributed by atoms with Gasteiger partial charge in [0.2, 0.25) is 6.79 Å². The Balaban J connectivity index is 1.53. The quantitative estimate of drug-likeness (QED) is 0.260. The van der Waals surface area contributed by atoms with Gasteiger partial charge in [0.1, 0.15) is 5.70 Å². The average Bonchev–Trinajstić information content (AvgIpc) is 3.35. The van der Waals surface area contributed by atoms with E-state index in [2.05, 4.69) is 22.7 Å². The van der Waals surface area contributed by atoms with Crippen LogP contribution in [0.2, 0.25) is 0 Å². The minimum Gasteiger partial charge on any atom is -0.454 e. The standard InChI is InChI=1S/C25H20N4O6/c1-16(19-8-5-9-20(14-19)29(32)33)27-28-25(31)21(26-24(30)18-6-3-2-4-7-18)12-17-10-11-22-23(13-17)35-15-34-22/h2-14,27H,1,15H2,(H,26,30)(H,28,31)/b21-12-. The predicted octanol–water partition coefficient (Wildman–Crippen LogP) is 3.39. The summed E-state index contributed by atoms with van der Waals surface area (Å²) in [5.41, 5.74) is 6.51. The molecule has 10 heteroatoms. The van der Waals surface area contributed by atoms with Crippen LogP contribution in [0.25, 0.3) is 11.8 Å². The van der Waals surface area contributed by atoms with Gasteiger partial charge in [0.25, 0.3) is 17.5 Å². The zero-order valence-electron chi connectivity index (χ0n) is 18.3. The Morgan fingerprint density at radius 2 is 1.66 bits per heavy atom. The van der Waals surface area contributed by atoms with E-state index in [0.717, 1.165) is 0 Å². The van der Waals surface area contributed by atoms with Crippen molar-refractivity contribution in [3.8, 4) is 11.5 Å². The molecule has 4 rings (SSSR count). The molecule has 3 N–H and O–H groups in total. The monoisotopic (exact) mass is 472 g/mol. The first-order valence-electron chi connectivity index (χ1n) is 10.4. The molecule has 0 fully saturated rings. The molecule has 0 spiro atoms. The molecule has 35 heavy (non-hydrogen) atoms. The summed E-state index contributed by atoms with van der Waals surface area (Å²) in [6.07, 6.45) is 1.48. The van der Waals surface area contributed by atoms with E-state index in [4.69, 9.17) is 9.47 Å². The van der Waals surface area contributed by atoms with Crippen molar-refractivity contribution < 1.29 is 24.0 Å². The number of amides is 2. The molecule has 0 bridgehead atoms. The van der Waals surface area contributed by atoms with Crippen LogP contribution >= 0.6 is 0 Å². The molecule has 3 aromatic carbocycles. The van der Waals surface area contributed by atoms with E-state index in [1.807, 2.05) is 0 Å².